The van der Waals surface area contributed by atoms with E-state index < -0.39 is 0 Å². The predicted octanol–water partition coefficient (Wildman–Crippen LogP) is 2.59. The number of thioether (sulfide) groups is 1. The molecule has 0 fully saturated rings. The van der Waals surface area contributed by atoms with Gasteiger partial charge in [-0.25, -0.2) is 4.68 Å². The second-order valence-corrected chi connectivity index (χ2v) is 7.34. The first-order valence-electron chi connectivity index (χ1n) is 8.84. The maximum absolute atomic E-state index is 12.4. The average molecular weight is 406 g/mol. The fraction of sp³-hybridized carbons (Fsp3) is 0.158. The number of tetrazole rings is 1. The van der Waals surface area contributed by atoms with Gasteiger partial charge in [0.05, 0.1) is 11.4 Å². The third-order valence-electron chi connectivity index (χ3n) is 4.36. The number of hydrogen-bond donors (Lipinski definition) is 1. The fourth-order valence-electron chi connectivity index (χ4n) is 2.71. The molecule has 1 amide bonds. The van der Waals surface area contributed by atoms with Gasteiger partial charge in [-0.3, -0.25) is 9.36 Å². The van der Waals surface area contributed by atoms with Gasteiger partial charge in [0.15, 0.2) is 5.16 Å². The summed E-state index contributed by atoms with van der Waals surface area (Å²) < 4.78 is 3.40. The summed E-state index contributed by atoms with van der Waals surface area (Å²) in [5.41, 5.74) is 4.80. The van der Waals surface area contributed by atoms with Crippen LogP contribution in [0, 0.1) is 13.8 Å². The minimum Gasteiger partial charge on any atom is -0.325 e. The zero-order chi connectivity index (χ0) is 20.2. The molecule has 0 spiro atoms. The quantitative estimate of drug-likeness (QED) is 0.491. The molecule has 0 atom stereocenters. The molecular formula is C19H18N8OS. The molecule has 2 heterocycles. The number of anilines is 1. The van der Waals surface area contributed by atoms with Gasteiger partial charge in [-0.05, 0) is 65.7 Å². The smallest absolute Gasteiger partial charge is 0.234 e. The Kier molecular flexibility index (Phi) is 5.34. The molecule has 0 radical (unpaired) electrons. The number of aryl methyl sites for hydroxylation is 2. The molecule has 4 rings (SSSR count). The maximum atomic E-state index is 12.4. The number of carbonyl (C=O) groups excluding carboxylic acids is 1. The van der Waals surface area contributed by atoms with Crippen molar-refractivity contribution in [2.45, 2.75) is 19.0 Å². The van der Waals surface area contributed by atoms with Crippen LogP contribution in [0.3, 0.4) is 0 Å². The Bertz CT molecular complexity index is 1140. The van der Waals surface area contributed by atoms with Crippen LogP contribution in [-0.4, -0.2) is 46.6 Å². The van der Waals surface area contributed by atoms with Crippen LogP contribution in [0.1, 0.15) is 11.1 Å². The van der Waals surface area contributed by atoms with Gasteiger partial charge in [0.1, 0.15) is 12.7 Å². The number of aromatic nitrogens is 7. The van der Waals surface area contributed by atoms with Crippen molar-refractivity contribution in [3.05, 3.63) is 66.2 Å². The minimum atomic E-state index is -0.140. The highest BCUT2D eigenvalue weighted by Crippen LogP contribution is 2.22. The molecule has 0 saturated carbocycles. The minimum absolute atomic E-state index is 0.140. The predicted molar refractivity (Wildman–Crippen MR) is 109 cm³/mol. The summed E-state index contributed by atoms with van der Waals surface area (Å²) in [4.78, 5) is 12.4. The monoisotopic (exact) mass is 406 g/mol. The van der Waals surface area contributed by atoms with E-state index in [2.05, 4.69) is 57.0 Å². The highest BCUT2D eigenvalue weighted by atomic mass is 32.2. The third kappa shape index (κ3) is 4.32. The summed E-state index contributed by atoms with van der Waals surface area (Å²) in [5, 5.41) is 22.8. The van der Waals surface area contributed by atoms with Crippen molar-refractivity contribution in [2.75, 3.05) is 11.1 Å². The number of rotatable bonds is 6. The topological polar surface area (TPSA) is 103 Å². The van der Waals surface area contributed by atoms with Crippen molar-refractivity contribution in [3.8, 4) is 11.4 Å². The van der Waals surface area contributed by atoms with Crippen LogP contribution in [0.2, 0.25) is 0 Å². The number of amides is 1. The summed E-state index contributed by atoms with van der Waals surface area (Å²) >= 11 is 1.33. The summed E-state index contributed by atoms with van der Waals surface area (Å²) in [6.07, 6.45) is 3.15. The van der Waals surface area contributed by atoms with Gasteiger partial charge in [-0.2, -0.15) is 0 Å². The molecule has 0 saturated heterocycles. The van der Waals surface area contributed by atoms with Gasteiger partial charge in [0, 0.05) is 11.4 Å². The van der Waals surface area contributed by atoms with Crippen LogP contribution < -0.4 is 5.32 Å². The highest BCUT2D eigenvalue weighted by Gasteiger charge is 2.11. The van der Waals surface area contributed by atoms with Crippen LogP contribution in [0.15, 0.2) is 60.3 Å². The fourth-order valence-corrected chi connectivity index (χ4v) is 3.44. The molecule has 0 aliphatic rings. The lowest BCUT2D eigenvalue weighted by molar-refractivity contribution is -0.113. The van der Waals surface area contributed by atoms with E-state index >= 15 is 0 Å². The van der Waals surface area contributed by atoms with E-state index in [1.165, 1.54) is 33.9 Å². The van der Waals surface area contributed by atoms with Gasteiger partial charge in [-0.15, -0.1) is 15.3 Å². The lowest BCUT2D eigenvalue weighted by atomic mass is 10.1. The summed E-state index contributed by atoms with van der Waals surface area (Å²) in [6, 6.07) is 13.4. The number of benzene rings is 2. The molecule has 9 nitrogen and oxygen atoms in total. The maximum Gasteiger partial charge on any atom is 0.234 e. The SMILES string of the molecule is Cc1ccc(-n2cnnc2SCC(=O)Nc2cccc(-n3cnnn3)c2)cc1C. The molecule has 146 valence electrons. The van der Waals surface area contributed by atoms with E-state index in [4.69, 9.17) is 0 Å². The van der Waals surface area contributed by atoms with Gasteiger partial charge in [-0.1, -0.05) is 23.9 Å². The first kappa shape index (κ1) is 18.8. The van der Waals surface area contributed by atoms with Crippen molar-refractivity contribution >= 4 is 23.4 Å². The molecule has 0 aliphatic carbocycles. The van der Waals surface area contributed by atoms with Crippen molar-refractivity contribution in [3.63, 3.8) is 0 Å². The van der Waals surface area contributed by atoms with Crippen molar-refractivity contribution in [1.82, 2.24) is 35.0 Å². The van der Waals surface area contributed by atoms with Gasteiger partial charge < -0.3 is 5.32 Å². The normalized spacial score (nSPS) is 10.8. The molecular weight excluding hydrogens is 388 g/mol. The molecule has 0 bridgehead atoms. The largest absolute Gasteiger partial charge is 0.325 e. The molecule has 2 aromatic carbocycles. The first-order valence-corrected chi connectivity index (χ1v) is 9.82. The van der Waals surface area contributed by atoms with Crippen LogP contribution >= 0.6 is 11.8 Å². The number of hydrogen-bond acceptors (Lipinski definition) is 7. The number of carbonyl (C=O) groups is 1. The van der Waals surface area contributed by atoms with E-state index in [1.54, 1.807) is 12.4 Å². The summed E-state index contributed by atoms with van der Waals surface area (Å²) in [7, 11) is 0. The number of nitrogens with one attached hydrogen (secondary N) is 1. The van der Waals surface area contributed by atoms with Crippen molar-refractivity contribution in [1.29, 1.82) is 0 Å². The van der Waals surface area contributed by atoms with Crippen LogP contribution in [0.4, 0.5) is 5.69 Å². The molecule has 10 heteroatoms. The molecule has 0 aliphatic heterocycles. The average Bonchev–Trinajstić information content (AvgIpc) is 3.41. The van der Waals surface area contributed by atoms with Gasteiger partial charge in [0.25, 0.3) is 0 Å². The Labute approximate surface area is 171 Å². The van der Waals surface area contributed by atoms with Crippen LogP contribution in [0.25, 0.3) is 11.4 Å². The molecule has 0 unspecified atom stereocenters. The van der Waals surface area contributed by atoms with Gasteiger partial charge in [0.2, 0.25) is 5.91 Å². The Hall–Kier alpha value is -3.53. The van der Waals surface area contributed by atoms with E-state index in [9.17, 15) is 4.79 Å². The zero-order valence-corrected chi connectivity index (χ0v) is 16.7. The van der Waals surface area contributed by atoms with Crippen LogP contribution in [0.5, 0.6) is 0 Å². The van der Waals surface area contributed by atoms with E-state index in [0.717, 1.165) is 11.4 Å². The first-order chi connectivity index (χ1) is 14.1. The summed E-state index contributed by atoms with van der Waals surface area (Å²) in [5.74, 6) is 0.0667. The molecule has 29 heavy (non-hydrogen) atoms. The number of nitrogens with zero attached hydrogens (tertiary/aromatic N) is 7. The lowest BCUT2D eigenvalue weighted by Gasteiger charge is -2.09. The van der Waals surface area contributed by atoms with E-state index in [1.807, 2.05) is 28.8 Å². The molecule has 1 N–H and O–H groups in total. The molecule has 2 aromatic heterocycles. The standard InChI is InChI=1S/C19H18N8OS/c1-13-6-7-16(8-14(13)2)26-11-20-23-19(26)29-10-18(28)22-15-4-3-5-17(9-15)27-12-21-24-25-27/h3-9,11-12H,10H2,1-2H3,(H,22,28). The Balaban J connectivity index is 1.42. The Morgan fingerprint density at radius 2 is 1.93 bits per heavy atom. The van der Waals surface area contributed by atoms with Crippen molar-refractivity contribution < 1.29 is 4.79 Å². The van der Waals surface area contributed by atoms with E-state index in [0.29, 0.717) is 10.8 Å². The highest BCUT2D eigenvalue weighted by molar-refractivity contribution is 7.99. The Morgan fingerprint density at radius 1 is 1.03 bits per heavy atom. The summed E-state index contributed by atoms with van der Waals surface area (Å²) in [6.45, 7) is 4.13. The Morgan fingerprint density at radius 3 is 2.72 bits per heavy atom. The lowest BCUT2D eigenvalue weighted by Crippen LogP contribution is -2.14. The second-order valence-electron chi connectivity index (χ2n) is 6.39. The van der Waals surface area contributed by atoms with Crippen molar-refractivity contribution in [2.24, 2.45) is 0 Å². The van der Waals surface area contributed by atoms with Gasteiger partial charge >= 0.3 is 0 Å². The zero-order valence-electron chi connectivity index (χ0n) is 15.9. The second kappa shape index (κ2) is 8.23. The molecule has 4 aromatic rings. The van der Waals surface area contributed by atoms with Crippen LogP contribution in [-0.2, 0) is 4.79 Å². The third-order valence-corrected chi connectivity index (χ3v) is 5.30. The van der Waals surface area contributed by atoms with E-state index in [-0.39, 0.29) is 11.7 Å².